The van der Waals surface area contributed by atoms with Gasteiger partial charge in [-0.25, -0.2) is 0 Å². The number of para-hydroxylation sites is 2. The summed E-state index contributed by atoms with van der Waals surface area (Å²) in [7, 11) is 0. The fourth-order valence-corrected chi connectivity index (χ4v) is 4.05. The molecule has 32 heavy (non-hydrogen) atoms. The predicted octanol–water partition coefficient (Wildman–Crippen LogP) is 6.03. The summed E-state index contributed by atoms with van der Waals surface area (Å²) in [6, 6.07) is 35.8. The van der Waals surface area contributed by atoms with Crippen molar-refractivity contribution in [2.45, 2.75) is 19.3 Å². The molecule has 0 fully saturated rings. The van der Waals surface area contributed by atoms with E-state index in [9.17, 15) is 4.79 Å². The molecule has 0 saturated heterocycles. The summed E-state index contributed by atoms with van der Waals surface area (Å²) in [5.74, 6) is 0.769. The van der Waals surface area contributed by atoms with Crippen LogP contribution in [0.5, 0.6) is 5.75 Å². The minimum absolute atomic E-state index is 0.00562. The summed E-state index contributed by atoms with van der Waals surface area (Å²) in [4.78, 5) is 15.4. The monoisotopic (exact) mass is 420 g/mol. The van der Waals surface area contributed by atoms with E-state index in [2.05, 4.69) is 5.32 Å². The number of benzene rings is 4. The second kappa shape index (κ2) is 8.98. The van der Waals surface area contributed by atoms with Crippen LogP contribution in [0.1, 0.15) is 33.2 Å². The molecule has 1 aliphatic heterocycles. The number of amides is 1. The average Bonchev–Trinajstić information content (AvgIpc) is 2.86. The lowest BCUT2D eigenvalue weighted by Crippen LogP contribution is -2.42. The summed E-state index contributed by atoms with van der Waals surface area (Å²) in [5.41, 5.74) is 4.63. The van der Waals surface area contributed by atoms with E-state index >= 15 is 0 Å². The molecule has 0 saturated carbocycles. The summed E-state index contributed by atoms with van der Waals surface area (Å²) in [6.45, 7) is 0.965. The van der Waals surface area contributed by atoms with Crippen LogP contribution < -0.4 is 10.1 Å². The Labute approximate surface area is 188 Å². The SMILES string of the molecule is O=C1c2ccccc2NC(c2ccccc2OCc2ccccc2)N1Cc1ccccc1. The van der Waals surface area contributed by atoms with Gasteiger partial charge in [-0.15, -0.1) is 0 Å². The van der Waals surface area contributed by atoms with E-state index < -0.39 is 0 Å². The third kappa shape index (κ3) is 4.08. The van der Waals surface area contributed by atoms with Gasteiger partial charge in [0, 0.05) is 17.8 Å². The Balaban J connectivity index is 1.50. The van der Waals surface area contributed by atoms with Crippen molar-refractivity contribution in [2.24, 2.45) is 0 Å². The lowest BCUT2D eigenvalue weighted by Gasteiger charge is -2.38. The second-order valence-electron chi connectivity index (χ2n) is 7.82. The van der Waals surface area contributed by atoms with E-state index in [1.54, 1.807) is 0 Å². The molecule has 1 N–H and O–H groups in total. The largest absolute Gasteiger partial charge is 0.488 e. The van der Waals surface area contributed by atoms with Crippen molar-refractivity contribution in [3.05, 3.63) is 131 Å². The van der Waals surface area contributed by atoms with Gasteiger partial charge in [-0.1, -0.05) is 91.0 Å². The lowest BCUT2D eigenvalue weighted by molar-refractivity contribution is 0.0663. The van der Waals surface area contributed by atoms with Crippen LogP contribution >= 0.6 is 0 Å². The molecule has 0 aromatic heterocycles. The van der Waals surface area contributed by atoms with E-state index in [1.807, 2.05) is 114 Å². The maximum atomic E-state index is 13.5. The van der Waals surface area contributed by atoms with Crippen molar-refractivity contribution in [1.29, 1.82) is 0 Å². The highest BCUT2D eigenvalue weighted by atomic mass is 16.5. The first-order valence-electron chi connectivity index (χ1n) is 10.8. The van der Waals surface area contributed by atoms with E-state index in [0.29, 0.717) is 18.7 Å². The Kier molecular flexibility index (Phi) is 5.58. The molecular weight excluding hydrogens is 396 g/mol. The molecule has 1 heterocycles. The number of nitrogens with one attached hydrogen (secondary N) is 1. The van der Waals surface area contributed by atoms with Crippen LogP contribution in [0.15, 0.2) is 109 Å². The van der Waals surface area contributed by atoms with Crippen LogP contribution in [0.4, 0.5) is 5.69 Å². The topological polar surface area (TPSA) is 41.6 Å². The minimum atomic E-state index is -0.343. The Morgan fingerprint density at radius 3 is 2.12 bits per heavy atom. The first kappa shape index (κ1) is 19.9. The number of carbonyl (C=O) groups is 1. The normalized spacial score (nSPS) is 15.1. The summed E-state index contributed by atoms with van der Waals surface area (Å²) < 4.78 is 6.22. The highest BCUT2D eigenvalue weighted by Crippen LogP contribution is 2.37. The molecule has 0 aliphatic carbocycles. The standard InChI is InChI=1S/C28H24N2O2/c31-28-23-15-7-9-17-25(23)29-27(30(28)19-21-11-3-1-4-12-21)24-16-8-10-18-26(24)32-20-22-13-5-2-6-14-22/h1-18,27,29H,19-20H2. The summed E-state index contributed by atoms with van der Waals surface area (Å²) in [5, 5.41) is 3.58. The third-order valence-corrected chi connectivity index (χ3v) is 5.67. The molecule has 1 amide bonds. The molecule has 4 nitrogen and oxygen atoms in total. The van der Waals surface area contributed by atoms with Crippen molar-refractivity contribution in [3.8, 4) is 5.75 Å². The van der Waals surface area contributed by atoms with Gasteiger partial charge in [0.25, 0.3) is 5.91 Å². The van der Waals surface area contributed by atoms with Crippen LogP contribution in [-0.2, 0) is 13.2 Å². The first-order chi connectivity index (χ1) is 15.8. The molecule has 1 unspecified atom stereocenters. The Morgan fingerprint density at radius 1 is 0.719 bits per heavy atom. The number of carbonyl (C=O) groups excluding carboxylic acids is 1. The molecule has 0 bridgehead atoms. The molecule has 0 spiro atoms. The summed E-state index contributed by atoms with van der Waals surface area (Å²) in [6.07, 6.45) is -0.343. The Morgan fingerprint density at radius 2 is 1.34 bits per heavy atom. The average molecular weight is 421 g/mol. The van der Waals surface area contributed by atoms with Crippen LogP contribution in [0.25, 0.3) is 0 Å². The molecule has 1 aliphatic rings. The van der Waals surface area contributed by atoms with Crippen LogP contribution in [-0.4, -0.2) is 10.8 Å². The number of hydrogen-bond acceptors (Lipinski definition) is 3. The molecular formula is C28H24N2O2. The fourth-order valence-electron chi connectivity index (χ4n) is 4.05. The Bertz CT molecular complexity index is 1210. The van der Waals surface area contributed by atoms with Crippen molar-refractivity contribution in [3.63, 3.8) is 0 Å². The number of ether oxygens (including phenoxy) is 1. The lowest BCUT2D eigenvalue weighted by atomic mass is 10.0. The predicted molar refractivity (Wildman–Crippen MR) is 126 cm³/mol. The van der Waals surface area contributed by atoms with E-state index in [1.165, 1.54) is 0 Å². The van der Waals surface area contributed by atoms with Crippen LogP contribution in [0.3, 0.4) is 0 Å². The number of fused-ring (bicyclic) bond motifs is 1. The number of rotatable bonds is 6. The van der Waals surface area contributed by atoms with Gasteiger partial charge in [-0.05, 0) is 29.3 Å². The molecule has 1 atom stereocenters. The molecule has 158 valence electrons. The van der Waals surface area contributed by atoms with Gasteiger partial charge in [-0.2, -0.15) is 0 Å². The number of anilines is 1. The number of nitrogens with zero attached hydrogens (tertiary/aromatic N) is 1. The van der Waals surface area contributed by atoms with Gasteiger partial charge < -0.3 is 15.0 Å². The van der Waals surface area contributed by atoms with E-state index in [4.69, 9.17) is 4.74 Å². The summed E-state index contributed by atoms with van der Waals surface area (Å²) >= 11 is 0. The smallest absolute Gasteiger partial charge is 0.258 e. The highest BCUT2D eigenvalue weighted by Gasteiger charge is 2.34. The van der Waals surface area contributed by atoms with Crippen LogP contribution in [0, 0.1) is 0 Å². The third-order valence-electron chi connectivity index (χ3n) is 5.67. The minimum Gasteiger partial charge on any atom is -0.488 e. The molecule has 4 aromatic rings. The van der Waals surface area contributed by atoms with E-state index in [0.717, 1.165) is 28.1 Å². The number of hydrogen-bond donors (Lipinski definition) is 1. The van der Waals surface area contributed by atoms with Crippen molar-refractivity contribution < 1.29 is 9.53 Å². The van der Waals surface area contributed by atoms with Gasteiger partial charge in [0.05, 0.1) is 5.56 Å². The molecule has 4 heteroatoms. The molecule has 4 aromatic carbocycles. The maximum absolute atomic E-state index is 13.5. The quantitative estimate of drug-likeness (QED) is 0.414. The molecule has 0 radical (unpaired) electrons. The fraction of sp³-hybridized carbons (Fsp3) is 0.107. The second-order valence-corrected chi connectivity index (χ2v) is 7.82. The zero-order chi connectivity index (χ0) is 21.8. The van der Waals surface area contributed by atoms with Crippen LogP contribution in [0.2, 0.25) is 0 Å². The zero-order valence-corrected chi connectivity index (χ0v) is 17.6. The highest BCUT2D eigenvalue weighted by molar-refractivity contribution is 6.01. The van der Waals surface area contributed by atoms with Gasteiger partial charge in [-0.3, -0.25) is 4.79 Å². The maximum Gasteiger partial charge on any atom is 0.258 e. The van der Waals surface area contributed by atoms with Gasteiger partial charge in [0.1, 0.15) is 18.5 Å². The molecule has 5 rings (SSSR count). The van der Waals surface area contributed by atoms with Crippen molar-refractivity contribution in [2.75, 3.05) is 5.32 Å². The zero-order valence-electron chi connectivity index (χ0n) is 17.6. The Hall–Kier alpha value is -4.05. The van der Waals surface area contributed by atoms with E-state index in [-0.39, 0.29) is 12.1 Å². The van der Waals surface area contributed by atoms with Crippen molar-refractivity contribution >= 4 is 11.6 Å². The van der Waals surface area contributed by atoms with Gasteiger partial charge in [0.15, 0.2) is 0 Å². The first-order valence-corrected chi connectivity index (χ1v) is 10.8. The van der Waals surface area contributed by atoms with Crippen molar-refractivity contribution in [1.82, 2.24) is 4.90 Å². The van der Waals surface area contributed by atoms with Gasteiger partial charge >= 0.3 is 0 Å². The van der Waals surface area contributed by atoms with Gasteiger partial charge in [0.2, 0.25) is 0 Å².